The highest BCUT2D eigenvalue weighted by molar-refractivity contribution is 5.79. The van der Waals surface area contributed by atoms with Crippen LogP contribution in [0.5, 0.6) is 5.75 Å². The predicted octanol–water partition coefficient (Wildman–Crippen LogP) is 6.34. The summed E-state index contributed by atoms with van der Waals surface area (Å²) in [6, 6.07) is 21.1. The van der Waals surface area contributed by atoms with Gasteiger partial charge in [-0.15, -0.1) is 0 Å². The van der Waals surface area contributed by atoms with Crippen molar-refractivity contribution in [2.45, 2.75) is 58.5 Å². The van der Waals surface area contributed by atoms with E-state index >= 15 is 0 Å². The van der Waals surface area contributed by atoms with Gasteiger partial charge in [0.25, 0.3) is 0 Å². The van der Waals surface area contributed by atoms with Crippen molar-refractivity contribution in [2.75, 3.05) is 26.7 Å². The topological polar surface area (TPSA) is 45.9 Å². The fraction of sp³-hybridized carbons (Fsp3) is 0.469. The fourth-order valence-corrected chi connectivity index (χ4v) is 6.22. The SMILES string of the molecule is COc1cccc(C2CN(Cc3cc(C)c(C)o3)CC2CN(Cc2ccccc2)C(=O)C2CCCC2)c1. The molecule has 1 amide bonds. The number of furan rings is 1. The normalized spacial score (nSPS) is 20.4. The minimum absolute atomic E-state index is 0.172. The summed E-state index contributed by atoms with van der Waals surface area (Å²) in [4.78, 5) is 18.4. The van der Waals surface area contributed by atoms with Crippen molar-refractivity contribution in [1.82, 2.24) is 9.80 Å². The van der Waals surface area contributed by atoms with Gasteiger partial charge in [-0.2, -0.15) is 0 Å². The highest BCUT2D eigenvalue weighted by atomic mass is 16.5. The van der Waals surface area contributed by atoms with Gasteiger partial charge in [-0.25, -0.2) is 0 Å². The largest absolute Gasteiger partial charge is 0.497 e. The van der Waals surface area contributed by atoms with E-state index in [1.54, 1.807) is 7.11 Å². The Balaban J connectivity index is 1.40. The van der Waals surface area contributed by atoms with Gasteiger partial charge in [0, 0.05) is 38.0 Å². The van der Waals surface area contributed by atoms with E-state index in [0.29, 0.717) is 24.3 Å². The first-order chi connectivity index (χ1) is 18.0. The molecule has 2 atom stereocenters. The Labute approximate surface area is 221 Å². The van der Waals surface area contributed by atoms with Crippen molar-refractivity contribution in [3.05, 3.63) is 88.9 Å². The Bertz CT molecular complexity index is 1160. The number of amides is 1. The number of methoxy groups -OCH3 is 1. The Hall–Kier alpha value is -3.05. The third kappa shape index (κ3) is 6.10. The number of aryl methyl sites for hydroxylation is 2. The maximum atomic E-state index is 13.8. The van der Waals surface area contributed by atoms with Crippen molar-refractivity contribution in [3.63, 3.8) is 0 Å². The molecule has 1 saturated heterocycles. The van der Waals surface area contributed by atoms with Gasteiger partial charge in [-0.05, 0) is 67.5 Å². The van der Waals surface area contributed by atoms with Crippen molar-refractivity contribution < 1.29 is 13.9 Å². The molecule has 0 bridgehead atoms. The Morgan fingerprint density at radius 2 is 1.81 bits per heavy atom. The quantitative estimate of drug-likeness (QED) is 0.344. The molecule has 196 valence electrons. The minimum Gasteiger partial charge on any atom is -0.497 e. The summed E-state index contributed by atoms with van der Waals surface area (Å²) in [7, 11) is 1.72. The molecule has 0 spiro atoms. The Morgan fingerprint density at radius 3 is 2.51 bits per heavy atom. The molecule has 1 aliphatic heterocycles. The number of nitrogens with zero attached hydrogens (tertiary/aromatic N) is 2. The van der Waals surface area contributed by atoms with Crippen molar-refractivity contribution in [1.29, 1.82) is 0 Å². The summed E-state index contributed by atoms with van der Waals surface area (Å²) >= 11 is 0. The number of hydrogen-bond donors (Lipinski definition) is 0. The van der Waals surface area contributed by atoms with E-state index in [4.69, 9.17) is 9.15 Å². The first-order valence-corrected chi connectivity index (χ1v) is 13.7. The van der Waals surface area contributed by atoms with E-state index < -0.39 is 0 Å². The smallest absolute Gasteiger partial charge is 0.225 e. The third-order valence-corrected chi connectivity index (χ3v) is 8.32. The molecule has 5 heteroatoms. The molecule has 2 fully saturated rings. The van der Waals surface area contributed by atoms with E-state index in [0.717, 1.165) is 56.3 Å². The molecule has 0 radical (unpaired) electrons. The Kier molecular flexibility index (Phi) is 7.99. The van der Waals surface area contributed by atoms with Crippen LogP contribution in [0.3, 0.4) is 0 Å². The van der Waals surface area contributed by atoms with E-state index in [1.165, 1.54) is 29.5 Å². The van der Waals surface area contributed by atoms with Crippen LogP contribution in [0.1, 0.15) is 59.8 Å². The summed E-state index contributed by atoms with van der Waals surface area (Å²) in [6.07, 6.45) is 4.39. The molecular weight excluding hydrogens is 460 g/mol. The molecule has 2 heterocycles. The number of carbonyl (C=O) groups excluding carboxylic acids is 1. The second kappa shape index (κ2) is 11.6. The summed E-state index contributed by atoms with van der Waals surface area (Å²) in [5, 5.41) is 0. The second-order valence-corrected chi connectivity index (χ2v) is 11.0. The van der Waals surface area contributed by atoms with Crippen LogP contribution < -0.4 is 4.74 Å². The molecule has 37 heavy (non-hydrogen) atoms. The second-order valence-electron chi connectivity index (χ2n) is 11.0. The van der Waals surface area contributed by atoms with Crippen LogP contribution in [0.15, 0.2) is 65.1 Å². The van der Waals surface area contributed by atoms with Gasteiger partial charge in [0.1, 0.15) is 17.3 Å². The van der Waals surface area contributed by atoms with Crippen LogP contribution in [-0.4, -0.2) is 42.5 Å². The maximum Gasteiger partial charge on any atom is 0.225 e. The number of rotatable bonds is 9. The lowest BCUT2D eigenvalue weighted by Gasteiger charge is -2.31. The summed E-state index contributed by atoms with van der Waals surface area (Å²) in [6.45, 7) is 8.23. The van der Waals surface area contributed by atoms with E-state index in [1.807, 2.05) is 19.1 Å². The average molecular weight is 501 g/mol. The zero-order valence-corrected chi connectivity index (χ0v) is 22.5. The highest BCUT2D eigenvalue weighted by Crippen LogP contribution is 2.37. The number of hydrogen-bond acceptors (Lipinski definition) is 4. The lowest BCUT2D eigenvalue weighted by molar-refractivity contribution is -0.136. The number of benzene rings is 2. The summed E-state index contributed by atoms with van der Waals surface area (Å²) < 4.78 is 11.6. The van der Waals surface area contributed by atoms with Gasteiger partial charge >= 0.3 is 0 Å². The summed E-state index contributed by atoms with van der Waals surface area (Å²) in [5.74, 6) is 4.05. The van der Waals surface area contributed by atoms with Crippen LogP contribution in [0, 0.1) is 25.7 Å². The van der Waals surface area contributed by atoms with Crippen LogP contribution in [0.25, 0.3) is 0 Å². The van der Waals surface area contributed by atoms with Gasteiger partial charge in [0.05, 0.1) is 13.7 Å². The monoisotopic (exact) mass is 500 g/mol. The maximum absolute atomic E-state index is 13.8. The minimum atomic E-state index is 0.172. The lowest BCUT2D eigenvalue weighted by Crippen LogP contribution is -2.40. The van der Waals surface area contributed by atoms with Crippen molar-refractivity contribution in [3.8, 4) is 5.75 Å². The average Bonchev–Trinajstić information content (AvgIpc) is 3.65. The molecule has 2 aliphatic rings. The zero-order chi connectivity index (χ0) is 25.8. The van der Waals surface area contributed by atoms with E-state index in [2.05, 4.69) is 65.3 Å². The van der Waals surface area contributed by atoms with Crippen LogP contribution in [-0.2, 0) is 17.9 Å². The fourth-order valence-electron chi connectivity index (χ4n) is 6.22. The Morgan fingerprint density at radius 1 is 1.03 bits per heavy atom. The van der Waals surface area contributed by atoms with Crippen LogP contribution >= 0.6 is 0 Å². The molecular formula is C32H40N2O3. The van der Waals surface area contributed by atoms with Gasteiger partial charge in [0.15, 0.2) is 0 Å². The first kappa shape index (κ1) is 25.6. The molecule has 3 aromatic rings. The molecule has 5 rings (SSSR count). The number of carbonyl (C=O) groups is 1. The molecule has 1 saturated carbocycles. The molecule has 5 nitrogen and oxygen atoms in total. The van der Waals surface area contributed by atoms with Gasteiger partial charge in [-0.3, -0.25) is 9.69 Å². The summed E-state index contributed by atoms with van der Waals surface area (Å²) in [5.41, 5.74) is 3.68. The van der Waals surface area contributed by atoms with Gasteiger partial charge in [0.2, 0.25) is 5.91 Å². The molecule has 0 N–H and O–H groups in total. The third-order valence-electron chi connectivity index (χ3n) is 8.32. The molecule has 2 unspecified atom stereocenters. The number of likely N-dealkylation sites (tertiary alicyclic amines) is 1. The lowest BCUT2D eigenvalue weighted by atomic mass is 9.88. The van der Waals surface area contributed by atoms with Crippen molar-refractivity contribution in [2.24, 2.45) is 11.8 Å². The van der Waals surface area contributed by atoms with Crippen molar-refractivity contribution >= 4 is 5.91 Å². The highest BCUT2D eigenvalue weighted by Gasteiger charge is 2.37. The standard InChI is InChI=1S/C32H40N2O3/c1-23-16-30(37-24(23)2)21-33-19-28(31(22-33)27-14-9-15-29(17-27)36-3)20-34(18-25-10-5-4-6-11-25)32(35)26-12-7-8-13-26/h4-6,9-11,14-17,26,28,31H,7-8,12-13,18-22H2,1-3H3. The number of ether oxygens (including phenoxy) is 1. The van der Waals surface area contributed by atoms with Gasteiger partial charge in [-0.1, -0.05) is 55.3 Å². The molecule has 2 aromatic carbocycles. The first-order valence-electron chi connectivity index (χ1n) is 13.7. The van der Waals surface area contributed by atoms with Crippen LogP contribution in [0.2, 0.25) is 0 Å². The van der Waals surface area contributed by atoms with Gasteiger partial charge < -0.3 is 14.1 Å². The van der Waals surface area contributed by atoms with E-state index in [-0.39, 0.29) is 5.92 Å². The predicted molar refractivity (Wildman–Crippen MR) is 147 cm³/mol. The van der Waals surface area contributed by atoms with Crippen LogP contribution in [0.4, 0.5) is 0 Å². The molecule has 1 aromatic heterocycles. The zero-order valence-electron chi connectivity index (χ0n) is 22.5. The van der Waals surface area contributed by atoms with E-state index in [9.17, 15) is 4.79 Å². The molecule has 1 aliphatic carbocycles.